The smallest absolute Gasteiger partial charge is 0.238 e. The van der Waals surface area contributed by atoms with E-state index in [-0.39, 0.29) is 17.2 Å². The highest BCUT2D eigenvalue weighted by Crippen LogP contribution is 2.42. The Hall–Kier alpha value is -2.27. The van der Waals surface area contributed by atoms with E-state index < -0.39 is 5.41 Å². The highest BCUT2D eigenvalue weighted by atomic mass is 32.2. The zero-order chi connectivity index (χ0) is 18.9. The van der Waals surface area contributed by atoms with Crippen LogP contribution in [-0.2, 0) is 9.59 Å². The lowest BCUT2D eigenvalue weighted by atomic mass is 9.95. The zero-order valence-corrected chi connectivity index (χ0v) is 16.4. The van der Waals surface area contributed by atoms with Gasteiger partial charge in [-0.1, -0.05) is 50.6 Å². The molecule has 0 aromatic heterocycles. The number of rotatable bonds is 3. The van der Waals surface area contributed by atoms with Gasteiger partial charge in [-0.25, -0.2) is 0 Å². The molecule has 0 saturated carbocycles. The molecule has 0 spiro atoms. The minimum Gasteiger partial charge on any atom is -0.326 e. The van der Waals surface area contributed by atoms with Crippen molar-refractivity contribution in [1.82, 2.24) is 0 Å². The van der Waals surface area contributed by atoms with Gasteiger partial charge >= 0.3 is 0 Å². The second-order valence-corrected chi connectivity index (χ2v) is 8.66. The van der Waals surface area contributed by atoms with Gasteiger partial charge in [-0.2, -0.15) is 0 Å². The topological polar surface area (TPSA) is 49.4 Å². The van der Waals surface area contributed by atoms with Crippen molar-refractivity contribution in [3.05, 3.63) is 59.7 Å². The van der Waals surface area contributed by atoms with E-state index in [4.69, 9.17) is 0 Å². The van der Waals surface area contributed by atoms with E-state index in [9.17, 15) is 9.59 Å². The number of aryl methyl sites for hydroxylation is 1. The van der Waals surface area contributed by atoms with Gasteiger partial charge in [0.15, 0.2) is 0 Å². The van der Waals surface area contributed by atoms with Gasteiger partial charge in [0.05, 0.1) is 5.75 Å². The quantitative estimate of drug-likeness (QED) is 0.850. The van der Waals surface area contributed by atoms with Gasteiger partial charge in [0.1, 0.15) is 5.37 Å². The van der Waals surface area contributed by atoms with Crippen molar-refractivity contribution < 1.29 is 9.59 Å². The summed E-state index contributed by atoms with van der Waals surface area (Å²) in [4.78, 5) is 26.6. The Kier molecular flexibility index (Phi) is 5.10. The van der Waals surface area contributed by atoms with Crippen molar-refractivity contribution in [2.45, 2.75) is 33.1 Å². The predicted molar refractivity (Wildman–Crippen MR) is 108 cm³/mol. The number of hydrogen-bond donors (Lipinski definition) is 1. The van der Waals surface area contributed by atoms with E-state index in [0.29, 0.717) is 5.75 Å². The van der Waals surface area contributed by atoms with Gasteiger partial charge in [-0.3, -0.25) is 14.5 Å². The lowest BCUT2D eigenvalue weighted by Crippen LogP contribution is -2.28. The van der Waals surface area contributed by atoms with Crippen LogP contribution >= 0.6 is 11.8 Å². The van der Waals surface area contributed by atoms with E-state index in [1.54, 1.807) is 11.8 Å². The molecule has 2 amide bonds. The van der Waals surface area contributed by atoms with Crippen LogP contribution in [0.1, 0.15) is 37.3 Å². The first-order chi connectivity index (χ1) is 12.3. The largest absolute Gasteiger partial charge is 0.326 e. The van der Waals surface area contributed by atoms with Crippen molar-refractivity contribution in [1.29, 1.82) is 0 Å². The van der Waals surface area contributed by atoms with Crippen molar-refractivity contribution in [3.8, 4) is 0 Å². The standard InChI is InChI=1S/C21H24N2O2S/c1-14-8-10-17(11-9-14)23-18(24)13-26-19(23)15-6-5-7-16(12-15)22-20(25)21(2,3)4/h5-12,19H,13H2,1-4H3,(H,22,25). The summed E-state index contributed by atoms with van der Waals surface area (Å²) in [5.74, 6) is 0.532. The highest BCUT2D eigenvalue weighted by molar-refractivity contribution is 8.00. The second-order valence-electron chi connectivity index (χ2n) is 7.59. The Morgan fingerprint density at radius 3 is 2.50 bits per heavy atom. The maximum absolute atomic E-state index is 12.5. The van der Waals surface area contributed by atoms with E-state index >= 15 is 0 Å². The summed E-state index contributed by atoms with van der Waals surface area (Å²) in [6.07, 6.45) is 0. The number of nitrogens with one attached hydrogen (secondary N) is 1. The van der Waals surface area contributed by atoms with E-state index in [0.717, 1.165) is 22.5 Å². The number of carbonyl (C=O) groups excluding carboxylic acids is 2. The zero-order valence-electron chi connectivity index (χ0n) is 15.6. The molecule has 3 rings (SSSR count). The number of hydrogen-bond acceptors (Lipinski definition) is 3. The molecule has 136 valence electrons. The monoisotopic (exact) mass is 368 g/mol. The fourth-order valence-electron chi connectivity index (χ4n) is 2.74. The van der Waals surface area contributed by atoms with Crippen LogP contribution < -0.4 is 10.2 Å². The SMILES string of the molecule is Cc1ccc(N2C(=O)CSC2c2cccc(NC(=O)C(C)(C)C)c2)cc1. The van der Waals surface area contributed by atoms with Gasteiger partial charge < -0.3 is 5.32 Å². The van der Waals surface area contributed by atoms with E-state index in [2.05, 4.69) is 5.32 Å². The molecule has 26 heavy (non-hydrogen) atoms. The average Bonchev–Trinajstić information content (AvgIpc) is 2.97. The van der Waals surface area contributed by atoms with Gasteiger partial charge in [-0.05, 0) is 36.8 Å². The lowest BCUT2D eigenvalue weighted by molar-refractivity contribution is -0.123. The first kappa shape index (κ1) is 18.5. The van der Waals surface area contributed by atoms with Gasteiger partial charge in [0.25, 0.3) is 0 Å². The minimum absolute atomic E-state index is 0.0276. The van der Waals surface area contributed by atoms with Crippen molar-refractivity contribution in [2.75, 3.05) is 16.0 Å². The minimum atomic E-state index is -0.456. The molecule has 0 aliphatic carbocycles. The molecule has 0 radical (unpaired) electrons. The first-order valence-corrected chi connectivity index (χ1v) is 9.72. The molecule has 1 saturated heterocycles. The fourth-order valence-corrected chi connectivity index (χ4v) is 3.91. The van der Waals surface area contributed by atoms with Crippen LogP contribution in [0.25, 0.3) is 0 Å². The lowest BCUT2D eigenvalue weighted by Gasteiger charge is -2.25. The number of benzene rings is 2. The maximum atomic E-state index is 12.5. The Balaban J connectivity index is 1.88. The Labute approximate surface area is 159 Å². The third-order valence-electron chi connectivity index (χ3n) is 4.29. The molecule has 5 heteroatoms. The second kappa shape index (κ2) is 7.16. The molecule has 2 aromatic carbocycles. The number of carbonyl (C=O) groups is 2. The first-order valence-electron chi connectivity index (χ1n) is 8.67. The summed E-state index contributed by atoms with van der Waals surface area (Å²) in [5.41, 5.74) is 3.37. The van der Waals surface area contributed by atoms with Crippen LogP contribution in [0, 0.1) is 12.3 Å². The Bertz CT molecular complexity index is 825. The molecule has 1 unspecified atom stereocenters. The predicted octanol–water partition coefficient (Wildman–Crippen LogP) is 4.76. The van der Waals surface area contributed by atoms with Crippen molar-refractivity contribution >= 4 is 35.0 Å². The number of amides is 2. The molecule has 2 aromatic rings. The summed E-state index contributed by atoms with van der Waals surface area (Å²) < 4.78 is 0. The molecular weight excluding hydrogens is 344 g/mol. The maximum Gasteiger partial charge on any atom is 0.238 e. The molecule has 1 fully saturated rings. The third-order valence-corrected chi connectivity index (χ3v) is 5.50. The molecule has 1 N–H and O–H groups in total. The van der Waals surface area contributed by atoms with Gasteiger partial charge in [0.2, 0.25) is 11.8 Å². The summed E-state index contributed by atoms with van der Waals surface area (Å²) >= 11 is 1.61. The van der Waals surface area contributed by atoms with Crippen LogP contribution in [-0.4, -0.2) is 17.6 Å². The van der Waals surface area contributed by atoms with Gasteiger partial charge in [-0.15, -0.1) is 11.8 Å². The molecule has 1 aliphatic heterocycles. The summed E-state index contributed by atoms with van der Waals surface area (Å²) in [5, 5.41) is 2.88. The Morgan fingerprint density at radius 2 is 1.85 bits per heavy atom. The molecular formula is C21H24N2O2S. The van der Waals surface area contributed by atoms with Crippen molar-refractivity contribution in [2.24, 2.45) is 5.41 Å². The molecule has 1 atom stereocenters. The normalized spacial score (nSPS) is 17.5. The average molecular weight is 369 g/mol. The summed E-state index contributed by atoms with van der Waals surface area (Å²) in [7, 11) is 0. The third kappa shape index (κ3) is 3.93. The van der Waals surface area contributed by atoms with E-state index in [1.807, 2.05) is 81.1 Å². The fraction of sp³-hybridized carbons (Fsp3) is 0.333. The van der Waals surface area contributed by atoms with Crippen LogP contribution in [0.3, 0.4) is 0 Å². The van der Waals surface area contributed by atoms with Crippen molar-refractivity contribution in [3.63, 3.8) is 0 Å². The number of anilines is 2. The van der Waals surface area contributed by atoms with Crippen LogP contribution in [0.4, 0.5) is 11.4 Å². The molecule has 0 bridgehead atoms. The summed E-state index contributed by atoms with van der Waals surface area (Å²) in [6.45, 7) is 7.69. The van der Waals surface area contributed by atoms with Crippen LogP contribution in [0.5, 0.6) is 0 Å². The van der Waals surface area contributed by atoms with Gasteiger partial charge in [0, 0.05) is 16.8 Å². The number of thioether (sulfide) groups is 1. The molecule has 4 nitrogen and oxygen atoms in total. The molecule has 1 aliphatic rings. The summed E-state index contributed by atoms with van der Waals surface area (Å²) in [6, 6.07) is 15.8. The Morgan fingerprint density at radius 1 is 1.15 bits per heavy atom. The van der Waals surface area contributed by atoms with Crippen LogP contribution in [0.15, 0.2) is 48.5 Å². The molecule has 1 heterocycles. The van der Waals surface area contributed by atoms with Crippen LogP contribution in [0.2, 0.25) is 0 Å². The highest BCUT2D eigenvalue weighted by Gasteiger charge is 2.34. The number of nitrogens with zero attached hydrogens (tertiary/aromatic N) is 1. The van der Waals surface area contributed by atoms with E-state index in [1.165, 1.54) is 0 Å².